The summed E-state index contributed by atoms with van der Waals surface area (Å²) in [6.07, 6.45) is 5.47. The molecule has 0 aliphatic heterocycles. The van der Waals surface area contributed by atoms with Crippen LogP contribution in [-0.4, -0.2) is 17.5 Å². The number of halogens is 2. The maximum absolute atomic E-state index is 12.1. The molecule has 0 radical (unpaired) electrons. The van der Waals surface area contributed by atoms with Crippen molar-refractivity contribution in [3.63, 3.8) is 0 Å². The number of amides is 1. The summed E-state index contributed by atoms with van der Waals surface area (Å²) in [6, 6.07) is 14.3. The Hall–Kier alpha value is -3.06. The fourth-order valence-corrected chi connectivity index (χ4v) is 3.40. The first-order valence-electron chi connectivity index (χ1n) is 8.52. The Balaban J connectivity index is 1.55. The first-order valence-corrected chi connectivity index (χ1v) is 9.34. The molecule has 4 nitrogen and oxygen atoms in total. The van der Waals surface area contributed by atoms with Gasteiger partial charge in [-0.25, -0.2) is 4.98 Å². The van der Waals surface area contributed by atoms with Gasteiger partial charge in [-0.05, 0) is 36.3 Å². The summed E-state index contributed by atoms with van der Waals surface area (Å²) >= 11 is 1.43. The van der Waals surface area contributed by atoms with E-state index in [0.29, 0.717) is 10.7 Å². The quantitative estimate of drug-likeness (QED) is 0.548. The van der Waals surface area contributed by atoms with Gasteiger partial charge in [-0.3, -0.25) is 10.1 Å². The Labute approximate surface area is 165 Å². The number of aromatic nitrogens is 1. The second-order valence-electron chi connectivity index (χ2n) is 6.07. The number of thiazole rings is 1. The van der Waals surface area contributed by atoms with Gasteiger partial charge in [0, 0.05) is 23.6 Å². The van der Waals surface area contributed by atoms with Gasteiger partial charge in [0.2, 0.25) is 5.91 Å². The van der Waals surface area contributed by atoms with Gasteiger partial charge in [-0.2, -0.15) is 8.78 Å². The largest absolute Gasteiger partial charge is 0.435 e. The number of carbonyl (C=O) groups is 1. The molecule has 3 aromatic rings. The molecule has 0 fully saturated rings. The average Bonchev–Trinajstić information content (AvgIpc) is 3.07. The molecule has 0 spiro atoms. The number of hydrogen-bond acceptors (Lipinski definition) is 4. The number of aryl methyl sites for hydroxylation is 1. The average molecular weight is 400 g/mol. The molecule has 144 valence electrons. The number of anilines is 1. The minimum Gasteiger partial charge on any atom is -0.435 e. The predicted octanol–water partition coefficient (Wildman–Crippen LogP) is 5.30. The van der Waals surface area contributed by atoms with E-state index >= 15 is 0 Å². The third-order valence-electron chi connectivity index (χ3n) is 3.78. The van der Waals surface area contributed by atoms with Gasteiger partial charge in [-0.1, -0.05) is 42.0 Å². The lowest BCUT2D eigenvalue weighted by Gasteiger charge is -2.03. The summed E-state index contributed by atoms with van der Waals surface area (Å²) in [5.41, 5.74) is 3.09. The number of rotatable bonds is 7. The van der Waals surface area contributed by atoms with Crippen molar-refractivity contribution in [2.45, 2.75) is 20.0 Å². The lowest BCUT2D eigenvalue weighted by atomic mass is 10.1. The van der Waals surface area contributed by atoms with Gasteiger partial charge >= 0.3 is 6.61 Å². The van der Waals surface area contributed by atoms with Gasteiger partial charge in [0.05, 0.1) is 0 Å². The summed E-state index contributed by atoms with van der Waals surface area (Å²) < 4.78 is 28.5. The van der Waals surface area contributed by atoms with Crippen molar-refractivity contribution in [2.75, 3.05) is 5.32 Å². The maximum atomic E-state index is 12.1. The minimum absolute atomic E-state index is 0.0699. The number of alkyl halides is 2. The van der Waals surface area contributed by atoms with Gasteiger partial charge in [0.1, 0.15) is 5.75 Å². The normalized spacial score (nSPS) is 11.1. The van der Waals surface area contributed by atoms with E-state index in [1.165, 1.54) is 40.7 Å². The first-order chi connectivity index (χ1) is 13.5. The number of nitrogens with one attached hydrogen (secondary N) is 1. The van der Waals surface area contributed by atoms with E-state index in [1.807, 2.05) is 19.1 Å². The van der Waals surface area contributed by atoms with Crippen molar-refractivity contribution in [1.82, 2.24) is 4.98 Å². The first kappa shape index (κ1) is 19.7. The van der Waals surface area contributed by atoms with E-state index in [-0.39, 0.29) is 11.7 Å². The highest BCUT2D eigenvalue weighted by atomic mass is 32.1. The lowest BCUT2D eigenvalue weighted by molar-refractivity contribution is -0.111. The van der Waals surface area contributed by atoms with Crippen LogP contribution in [0.5, 0.6) is 5.75 Å². The van der Waals surface area contributed by atoms with E-state index in [0.717, 1.165) is 11.3 Å². The van der Waals surface area contributed by atoms with Crippen molar-refractivity contribution in [2.24, 2.45) is 0 Å². The van der Waals surface area contributed by atoms with Crippen LogP contribution in [0.25, 0.3) is 6.08 Å². The summed E-state index contributed by atoms with van der Waals surface area (Å²) in [7, 11) is 0. The third kappa shape index (κ3) is 5.99. The lowest BCUT2D eigenvalue weighted by Crippen LogP contribution is -2.07. The number of nitrogens with zero attached hydrogens (tertiary/aromatic N) is 1. The highest BCUT2D eigenvalue weighted by Gasteiger charge is 2.06. The molecule has 1 aromatic heterocycles. The van der Waals surface area contributed by atoms with Gasteiger partial charge in [-0.15, -0.1) is 11.3 Å². The SMILES string of the molecule is Cc1cccc(Cc2cnc(NC(=O)/C=C/c3ccc(OC(F)F)cc3)s2)c1. The topological polar surface area (TPSA) is 51.2 Å². The molecule has 0 atom stereocenters. The molecular weight excluding hydrogens is 382 g/mol. The van der Waals surface area contributed by atoms with Crippen LogP contribution < -0.4 is 10.1 Å². The number of hydrogen-bond donors (Lipinski definition) is 1. The number of carbonyl (C=O) groups excluding carboxylic acids is 1. The highest BCUT2D eigenvalue weighted by molar-refractivity contribution is 7.15. The molecular formula is C21H18F2N2O2S. The van der Waals surface area contributed by atoms with Crippen LogP contribution in [-0.2, 0) is 11.2 Å². The van der Waals surface area contributed by atoms with Gasteiger partial charge in [0.15, 0.2) is 5.13 Å². The number of ether oxygens (including phenoxy) is 1. The fraction of sp³-hybridized carbons (Fsp3) is 0.143. The maximum Gasteiger partial charge on any atom is 0.387 e. The van der Waals surface area contributed by atoms with Crippen molar-refractivity contribution < 1.29 is 18.3 Å². The van der Waals surface area contributed by atoms with Crippen LogP contribution in [0.2, 0.25) is 0 Å². The molecule has 7 heteroatoms. The zero-order valence-corrected chi connectivity index (χ0v) is 15.9. The molecule has 0 saturated carbocycles. The van der Waals surface area contributed by atoms with E-state index in [9.17, 15) is 13.6 Å². The molecule has 0 saturated heterocycles. The molecule has 2 aromatic carbocycles. The highest BCUT2D eigenvalue weighted by Crippen LogP contribution is 2.22. The Morgan fingerprint density at radius 1 is 1.25 bits per heavy atom. The van der Waals surface area contributed by atoms with E-state index in [2.05, 4.69) is 27.2 Å². The second-order valence-corrected chi connectivity index (χ2v) is 7.18. The number of benzene rings is 2. The predicted molar refractivity (Wildman–Crippen MR) is 107 cm³/mol. The van der Waals surface area contributed by atoms with Crippen LogP contribution in [0.15, 0.2) is 60.8 Å². The Kier molecular flexibility index (Phi) is 6.49. The standard InChI is InChI=1S/C21H18F2N2O2S/c1-14-3-2-4-16(11-14)12-18-13-24-21(28-18)25-19(26)10-7-15-5-8-17(9-6-15)27-20(22)23/h2-11,13,20H,12H2,1H3,(H,24,25,26)/b10-7+. The molecule has 0 aliphatic rings. The summed E-state index contributed by atoms with van der Waals surface area (Å²) in [5.74, 6) is -0.245. The third-order valence-corrected chi connectivity index (χ3v) is 4.69. The zero-order valence-electron chi connectivity index (χ0n) is 15.1. The zero-order chi connectivity index (χ0) is 19.9. The molecule has 1 heterocycles. The minimum atomic E-state index is -2.86. The molecule has 28 heavy (non-hydrogen) atoms. The van der Waals surface area contributed by atoms with E-state index in [4.69, 9.17) is 0 Å². The molecule has 1 N–H and O–H groups in total. The fourth-order valence-electron chi connectivity index (χ4n) is 2.55. The molecule has 0 bridgehead atoms. The van der Waals surface area contributed by atoms with Crippen LogP contribution in [0.4, 0.5) is 13.9 Å². The summed E-state index contributed by atoms with van der Waals surface area (Å²) in [5, 5.41) is 3.25. The van der Waals surface area contributed by atoms with Crippen LogP contribution in [0.3, 0.4) is 0 Å². The van der Waals surface area contributed by atoms with Gasteiger partial charge < -0.3 is 4.74 Å². The van der Waals surface area contributed by atoms with E-state index < -0.39 is 6.61 Å². The molecule has 3 rings (SSSR count). The second kappa shape index (κ2) is 9.23. The van der Waals surface area contributed by atoms with Crippen LogP contribution >= 0.6 is 11.3 Å². The molecule has 0 aliphatic carbocycles. The Morgan fingerprint density at radius 2 is 2.04 bits per heavy atom. The Bertz CT molecular complexity index is 969. The monoisotopic (exact) mass is 400 g/mol. The summed E-state index contributed by atoms with van der Waals surface area (Å²) in [6.45, 7) is -0.811. The van der Waals surface area contributed by atoms with Crippen molar-refractivity contribution >= 4 is 28.5 Å². The van der Waals surface area contributed by atoms with Crippen LogP contribution in [0.1, 0.15) is 21.6 Å². The molecule has 0 unspecified atom stereocenters. The van der Waals surface area contributed by atoms with E-state index in [1.54, 1.807) is 24.4 Å². The molecule has 1 amide bonds. The summed E-state index contributed by atoms with van der Waals surface area (Å²) in [4.78, 5) is 17.3. The van der Waals surface area contributed by atoms with Gasteiger partial charge in [0.25, 0.3) is 0 Å². The van der Waals surface area contributed by atoms with Crippen molar-refractivity contribution in [3.05, 3.63) is 82.4 Å². The van der Waals surface area contributed by atoms with Crippen molar-refractivity contribution in [3.8, 4) is 5.75 Å². The van der Waals surface area contributed by atoms with Crippen LogP contribution in [0, 0.1) is 6.92 Å². The van der Waals surface area contributed by atoms with Crippen molar-refractivity contribution in [1.29, 1.82) is 0 Å². The Morgan fingerprint density at radius 3 is 2.75 bits per heavy atom. The smallest absolute Gasteiger partial charge is 0.387 e.